The summed E-state index contributed by atoms with van der Waals surface area (Å²) in [5.74, 6) is -1.44. The highest BCUT2D eigenvalue weighted by molar-refractivity contribution is 5.67. The number of benzene rings is 1. The fourth-order valence-corrected chi connectivity index (χ4v) is 3.08. The number of nitrogens with zero attached hydrogens (tertiary/aromatic N) is 2. The van der Waals surface area contributed by atoms with Crippen LogP contribution >= 0.6 is 0 Å². The maximum Gasteiger partial charge on any atom is 0.407 e. The van der Waals surface area contributed by atoms with Gasteiger partial charge in [-0.2, -0.15) is 0 Å². The van der Waals surface area contributed by atoms with E-state index in [4.69, 9.17) is 9.84 Å². The van der Waals surface area contributed by atoms with Gasteiger partial charge in [0.1, 0.15) is 23.4 Å². The van der Waals surface area contributed by atoms with Crippen molar-refractivity contribution in [1.29, 1.82) is 0 Å². The summed E-state index contributed by atoms with van der Waals surface area (Å²) < 4.78 is 48.2. The van der Waals surface area contributed by atoms with Gasteiger partial charge in [-0.15, -0.1) is 0 Å². The summed E-state index contributed by atoms with van der Waals surface area (Å²) in [6, 6.07) is 1.00. The molecular formula is C19H26F3N3O4. The molecule has 0 radical (unpaired) electrons. The number of amides is 2. The van der Waals surface area contributed by atoms with Gasteiger partial charge in [0.25, 0.3) is 0 Å². The van der Waals surface area contributed by atoms with Crippen LogP contribution in [0.1, 0.15) is 26.3 Å². The molecule has 1 fully saturated rings. The SMILES string of the molecule is CN(C(=O)O)C1CN(c2cc(F)c(CCNC(=O)OC(C)(C)C)cc2F)CC1F. The smallest absolute Gasteiger partial charge is 0.407 e. The average molecular weight is 417 g/mol. The van der Waals surface area contributed by atoms with Crippen LogP contribution in [0.3, 0.4) is 0 Å². The second-order valence-corrected chi connectivity index (χ2v) is 7.96. The third-order valence-electron chi connectivity index (χ3n) is 4.54. The topological polar surface area (TPSA) is 82.1 Å². The molecule has 7 nitrogen and oxygen atoms in total. The molecule has 1 aromatic rings. The fraction of sp³-hybridized carbons (Fsp3) is 0.579. The Morgan fingerprint density at radius 3 is 2.52 bits per heavy atom. The molecule has 2 unspecified atom stereocenters. The summed E-state index contributed by atoms with van der Waals surface area (Å²) in [7, 11) is 1.24. The normalized spacial score (nSPS) is 19.2. The molecule has 1 aliphatic rings. The molecule has 1 saturated heterocycles. The van der Waals surface area contributed by atoms with Crippen molar-refractivity contribution in [2.24, 2.45) is 0 Å². The molecule has 0 aromatic heterocycles. The molecule has 2 atom stereocenters. The zero-order chi connectivity index (χ0) is 21.9. The zero-order valence-corrected chi connectivity index (χ0v) is 16.8. The molecule has 1 aromatic carbocycles. The van der Waals surface area contributed by atoms with E-state index in [2.05, 4.69) is 5.32 Å². The lowest BCUT2D eigenvalue weighted by Gasteiger charge is -2.23. The van der Waals surface area contributed by atoms with E-state index < -0.39 is 41.6 Å². The van der Waals surface area contributed by atoms with Gasteiger partial charge in [-0.3, -0.25) is 0 Å². The van der Waals surface area contributed by atoms with Gasteiger partial charge in [-0.1, -0.05) is 0 Å². The van der Waals surface area contributed by atoms with Gasteiger partial charge in [0.15, 0.2) is 0 Å². The molecule has 2 rings (SSSR count). The van der Waals surface area contributed by atoms with Crippen LogP contribution in [0, 0.1) is 11.6 Å². The standard InChI is InChI=1S/C19H26F3N3O4/c1-19(2,3)29-17(26)23-6-5-11-7-13(21)15(8-12(11)20)25-9-14(22)16(10-25)24(4)18(27)28/h7-8,14,16H,5-6,9-10H2,1-4H3,(H,23,26)(H,27,28). The van der Waals surface area contributed by atoms with Crippen molar-refractivity contribution in [1.82, 2.24) is 10.2 Å². The van der Waals surface area contributed by atoms with E-state index in [1.165, 1.54) is 11.9 Å². The summed E-state index contributed by atoms with van der Waals surface area (Å²) in [6.45, 7) is 4.85. The van der Waals surface area contributed by atoms with Crippen LogP contribution in [0.4, 0.5) is 28.4 Å². The van der Waals surface area contributed by atoms with Crippen molar-refractivity contribution in [2.75, 3.05) is 31.6 Å². The minimum absolute atomic E-state index is 0.0401. The number of hydrogen-bond donors (Lipinski definition) is 2. The minimum atomic E-state index is -1.52. The highest BCUT2D eigenvalue weighted by Gasteiger charge is 2.38. The van der Waals surface area contributed by atoms with E-state index in [0.717, 1.165) is 17.0 Å². The number of carboxylic acid groups (broad SMARTS) is 1. The predicted octanol–water partition coefficient (Wildman–Crippen LogP) is 3.17. The summed E-state index contributed by atoms with van der Waals surface area (Å²) in [5.41, 5.74) is -0.743. The van der Waals surface area contributed by atoms with Gasteiger partial charge in [0, 0.05) is 26.2 Å². The molecule has 0 spiro atoms. The highest BCUT2D eigenvalue weighted by Crippen LogP contribution is 2.29. The van der Waals surface area contributed by atoms with E-state index >= 15 is 0 Å². The molecule has 1 aliphatic heterocycles. The van der Waals surface area contributed by atoms with Crippen LogP contribution < -0.4 is 10.2 Å². The van der Waals surface area contributed by atoms with E-state index in [-0.39, 0.29) is 37.3 Å². The summed E-state index contributed by atoms with van der Waals surface area (Å²) >= 11 is 0. The van der Waals surface area contributed by atoms with Crippen LogP contribution in [0.25, 0.3) is 0 Å². The maximum absolute atomic E-state index is 14.5. The Balaban J connectivity index is 2.02. The van der Waals surface area contributed by atoms with Crippen molar-refractivity contribution in [2.45, 2.75) is 45.0 Å². The Morgan fingerprint density at radius 2 is 1.93 bits per heavy atom. The summed E-state index contributed by atoms with van der Waals surface area (Å²) in [5, 5.41) is 11.5. The number of carbonyl (C=O) groups is 2. The number of alkyl halides is 1. The number of alkyl carbamates (subject to hydrolysis) is 1. The molecule has 2 amide bonds. The van der Waals surface area contributed by atoms with Crippen molar-refractivity contribution in [3.8, 4) is 0 Å². The number of hydrogen-bond acceptors (Lipinski definition) is 4. The van der Waals surface area contributed by atoms with Gasteiger partial charge in [-0.25, -0.2) is 22.8 Å². The molecule has 1 heterocycles. The van der Waals surface area contributed by atoms with E-state index in [0.29, 0.717) is 0 Å². The molecule has 2 N–H and O–H groups in total. The predicted molar refractivity (Wildman–Crippen MR) is 101 cm³/mol. The number of carbonyl (C=O) groups excluding carboxylic acids is 1. The number of rotatable bonds is 5. The molecular weight excluding hydrogens is 391 g/mol. The minimum Gasteiger partial charge on any atom is -0.465 e. The summed E-state index contributed by atoms with van der Waals surface area (Å²) in [4.78, 5) is 24.8. The van der Waals surface area contributed by atoms with Crippen LogP contribution in [0.5, 0.6) is 0 Å². The monoisotopic (exact) mass is 417 g/mol. The number of anilines is 1. The van der Waals surface area contributed by atoms with Crippen LogP contribution in [-0.2, 0) is 11.2 Å². The van der Waals surface area contributed by atoms with Gasteiger partial charge in [-0.05, 0) is 38.8 Å². The first-order chi connectivity index (χ1) is 13.4. The number of ether oxygens (including phenoxy) is 1. The fourth-order valence-electron chi connectivity index (χ4n) is 3.08. The third kappa shape index (κ3) is 5.91. The number of likely N-dealkylation sites (N-methyl/N-ethyl adjacent to an activating group) is 1. The second-order valence-electron chi connectivity index (χ2n) is 7.96. The lowest BCUT2D eigenvalue weighted by molar-refractivity contribution is 0.0528. The Bertz CT molecular complexity index is 770. The molecule has 29 heavy (non-hydrogen) atoms. The van der Waals surface area contributed by atoms with Gasteiger partial charge < -0.3 is 25.0 Å². The Labute approximate surface area is 167 Å². The van der Waals surface area contributed by atoms with E-state index in [1.807, 2.05) is 0 Å². The van der Waals surface area contributed by atoms with Crippen molar-refractivity contribution in [3.63, 3.8) is 0 Å². The largest absolute Gasteiger partial charge is 0.465 e. The molecule has 162 valence electrons. The average Bonchev–Trinajstić information content (AvgIpc) is 2.96. The first-order valence-electron chi connectivity index (χ1n) is 9.18. The van der Waals surface area contributed by atoms with Crippen molar-refractivity contribution < 1.29 is 32.6 Å². The van der Waals surface area contributed by atoms with Gasteiger partial charge in [0.2, 0.25) is 0 Å². The zero-order valence-electron chi connectivity index (χ0n) is 16.8. The van der Waals surface area contributed by atoms with Crippen LogP contribution in [-0.4, -0.2) is 66.7 Å². The van der Waals surface area contributed by atoms with Crippen molar-refractivity contribution >= 4 is 17.9 Å². The third-order valence-corrected chi connectivity index (χ3v) is 4.54. The van der Waals surface area contributed by atoms with Crippen molar-refractivity contribution in [3.05, 3.63) is 29.3 Å². The van der Waals surface area contributed by atoms with Gasteiger partial charge in [0.05, 0.1) is 18.3 Å². The first kappa shape index (κ1) is 22.6. The lowest BCUT2D eigenvalue weighted by Crippen LogP contribution is -2.42. The molecule has 0 bridgehead atoms. The second kappa shape index (κ2) is 8.79. The van der Waals surface area contributed by atoms with E-state index in [1.54, 1.807) is 20.8 Å². The first-order valence-corrected chi connectivity index (χ1v) is 9.18. The Kier molecular flexibility index (Phi) is 6.86. The molecule has 10 heteroatoms. The van der Waals surface area contributed by atoms with Gasteiger partial charge >= 0.3 is 12.2 Å². The number of nitrogens with one attached hydrogen (secondary N) is 1. The Morgan fingerprint density at radius 1 is 1.28 bits per heavy atom. The quantitative estimate of drug-likeness (QED) is 0.769. The maximum atomic E-state index is 14.5. The molecule has 0 aliphatic carbocycles. The molecule has 0 saturated carbocycles. The number of halogens is 3. The van der Waals surface area contributed by atoms with E-state index in [9.17, 15) is 22.8 Å². The summed E-state index contributed by atoms with van der Waals surface area (Å²) in [6.07, 6.45) is -3.43. The van der Waals surface area contributed by atoms with Crippen LogP contribution in [0.15, 0.2) is 12.1 Å². The van der Waals surface area contributed by atoms with Crippen LogP contribution in [0.2, 0.25) is 0 Å². The highest BCUT2D eigenvalue weighted by atomic mass is 19.1. The lowest BCUT2D eigenvalue weighted by atomic mass is 10.1. The Hall–Kier alpha value is -2.65.